The lowest BCUT2D eigenvalue weighted by atomic mass is 9.90. The van der Waals surface area contributed by atoms with Gasteiger partial charge in [-0.1, -0.05) is 69.2 Å². The number of isocyanates is 2. The average molecular weight is 1340 g/mol. The largest absolute Gasteiger partial charge is 0.508 e. The summed E-state index contributed by atoms with van der Waals surface area (Å²) in [5.74, 6) is -0.581. The Morgan fingerprint density at radius 3 is 1.31 bits per heavy atom. The lowest BCUT2D eigenvalue weighted by molar-refractivity contribution is -0.153. The predicted molar refractivity (Wildman–Crippen MR) is 355 cm³/mol. The van der Waals surface area contributed by atoms with Gasteiger partial charge in [0.1, 0.15) is 12.7 Å². The van der Waals surface area contributed by atoms with Crippen LogP contribution in [0.2, 0.25) is 0 Å². The number of nitrogens with zero attached hydrogens (tertiary/aromatic N) is 2. The molecule has 1 saturated carbocycles. The van der Waals surface area contributed by atoms with Crippen molar-refractivity contribution in [2.45, 2.75) is 262 Å². The Kier molecular flexibility index (Phi) is 60.1. The summed E-state index contributed by atoms with van der Waals surface area (Å²) in [6, 6.07) is 0. The molecule has 548 valence electrons. The number of rotatable bonds is 41. The first-order valence-corrected chi connectivity index (χ1v) is 34.7. The summed E-state index contributed by atoms with van der Waals surface area (Å²) in [7, 11) is 0. The van der Waals surface area contributed by atoms with Gasteiger partial charge in [-0.05, 0) is 131 Å². The molecule has 0 aromatic carbocycles. The fraction of sp³-hybridized carbons (Fsp3) is 0.928. The molecule has 5 aliphatic heterocycles. The molecule has 6 fully saturated rings. The summed E-state index contributed by atoms with van der Waals surface area (Å²) in [4.78, 5) is 57.7. The van der Waals surface area contributed by atoms with E-state index in [1.807, 2.05) is 27.7 Å². The maximum absolute atomic E-state index is 10.6. The maximum Gasteiger partial charge on any atom is 0.508 e. The highest BCUT2D eigenvalue weighted by atomic mass is 16.8. The van der Waals surface area contributed by atoms with Crippen molar-refractivity contribution in [3.63, 3.8) is 0 Å². The lowest BCUT2D eigenvalue weighted by Crippen LogP contribution is -2.43. The van der Waals surface area contributed by atoms with Gasteiger partial charge in [-0.25, -0.2) is 24.4 Å². The van der Waals surface area contributed by atoms with Gasteiger partial charge in [-0.2, -0.15) is 0 Å². The van der Waals surface area contributed by atoms with Crippen LogP contribution in [0.25, 0.3) is 0 Å². The first kappa shape index (κ1) is 91.7. The zero-order chi connectivity index (χ0) is 70.1. The van der Waals surface area contributed by atoms with Gasteiger partial charge in [0.15, 0.2) is 6.10 Å². The Labute approximate surface area is 560 Å². The number of aliphatic hydroxyl groups excluding tert-OH is 1. The molecule has 6 rings (SSSR count). The van der Waals surface area contributed by atoms with Gasteiger partial charge < -0.3 is 80.9 Å². The van der Waals surface area contributed by atoms with Gasteiger partial charge >= 0.3 is 18.1 Å². The summed E-state index contributed by atoms with van der Waals surface area (Å²) in [5, 5.41) is 8.36. The number of carbonyl (C=O) groups excluding carboxylic acids is 5. The quantitative estimate of drug-likeness (QED) is 0.0149. The lowest BCUT2D eigenvalue weighted by Gasteiger charge is -2.37. The number of aliphatic hydroxyl groups is 1. The molecular weight excluding hydrogens is 1210 g/mol. The number of esters is 2. The monoisotopic (exact) mass is 1340 g/mol. The molecule has 0 amide bonds. The zero-order valence-corrected chi connectivity index (χ0v) is 60.6. The summed E-state index contributed by atoms with van der Waals surface area (Å²) < 4.78 is 83.6. The molecule has 0 aromatic rings. The summed E-state index contributed by atoms with van der Waals surface area (Å²) in [6.07, 6.45) is 18.1. The predicted octanol–water partition coefficient (Wildman–Crippen LogP) is 11.0. The number of hydrogen-bond donors (Lipinski definition) is 1. The number of carbonyl (C=O) groups is 3. The minimum absolute atomic E-state index is 0.116. The van der Waals surface area contributed by atoms with Gasteiger partial charge in [0.2, 0.25) is 12.2 Å². The smallest absolute Gasteiger partial charge is 0.430 e. The Balaban J connectivity index is 0. The molecule has 24 heteroatoms. The second kappa shape index (κ2) is 61.0. The normalized spacial score (nSPS) is 22.9. The SMILES string of the molecule is CC1C(=O)OC(=O)C1C.CCC(C)O.CCC(C)OCCCCN=C=O.CCC(C)OCCN=C=O.CCC(C)OCCOCC1(C)COC1.CCC(C)OCCOCC1CCC2OC2C1.CCC(C)OCCOCC1CO1.CCC(C)OCCOCC1COC(=O)O1. The molecule has 5 saturated heterocycles. The van der Waals surface area contributed by atoms with Crippen LogP contribution in [-0.4, -0.2) is 235 Å². The van der Waals surface area contributed by atoms with Gasteiger partial charge in [0.05, 0.1) is 179 Å². The number of aliphatic imine (C=N–C) groups is 2. The van der Waals surface area contributed by atoms with E-state index in [1.54, 1.807) is 20.8 Å². The van der Waals surface area contributed by atoms with Gasteiger partial charge in [-0.3, -0.25) is 9.59 Å². The summed E-state index contributed by atoms with van der Waals surface area (Å²) in [6.45, 7) is 47.4. The summed E-state index contributed by atoms with van der Waals surface area (Å²) >= 11 is 0. The van der Waals surface area contributed by atoms with Crippen molar-refractivity contribution in [1.82, 2.24) is 0 Å². The molecular formula is C69H130N2O22. The molecule has 0 spiro atoms. The zero-order valence-electron chi connectivity index (χ0n) is 60.6. The Bertz CT molecular complexity index is 1850. The van der Waals surface area contributed by atoms with E-state index >= 15 is 0 Å². The van der Waals surface area contributed by atoms with Crippen LogP contribution < -0.4 is 0 Å². The van der Waals surface area contributed by atoms with Crippen LogP contribution in [0.1, 0.15) is 195 Å². The van der Waals surface area contributed by atoms with Gasteiger partial charge in [0, 0.05) is 18.6 Å². The van der Waals surface area contributed by atoms with E-state index in [2.05, 4.69) is 88.7 Å². The minimum atomic E-state index is -0.612. The van der Waals surface area contributed by atoms with Crippen LogP contribution >= 0.6 is 0 Å². The van der Waals surface area contributed by atoms with E-state index in [0.717, 1.165) is 117 Å². The van der Waals surface area contributed by atoms with E-state index in [9.17, 15) is 24.0 Å². The van der Waals surface area contributed by atoms with Crippen LogP contribution in [0.3, 0.4) is 0 Å². The van der Waals surface area contributed by atoms with Crippen molar-refractivity contribution >= 4 is 30.3 Å². The molecule has 24 nitrogen and oxygen atoms in total. The molecule has 1 N–H and O–H groups in total. The molecule has 1 aliphatic carbocycles. The van der Waals surface area contributed by atoms with E-state index in [0.29, 0.717) is 115 Å². The van der Waals surface area contributed by atoms with Gasteiger partial charge in [0.25, 0.3) is 0 Å². The third-order valence-corrected chi connectivity index (χ3v) is 15.5. The standard InChI is InChI=1S/C13H24O3.C11H22O3.C10H18O5.C9H17NO2.C9H18O3.C7H13NO2.C6H8O3.C4H10O/c1-3-10(2)15-7-6-14-9-11-4-5-12-13(8-11)16-12;1-4-10(2)14-6-5-12-7-11(3)8-13-9-11;1-3-8(2)13-5-4-12-6-9-7-14-10(11)15-9;1-3-9(2)12-7-5-4-6-10-8-11;1-3-8(2)11-5-4-10-6-9-7-12-9;1-3-7(2)10-5-4-8-6-9;1-3-4(2)6(8)9-5(3)7;1-3-4(2)5/h10-13H,3-9H2,1-2H3;10H,4-9H2,1-3H3;8-9H,3-7H2,1-2H3;9H,3-7H2,1-2H3;8-9H,3-7H2,1-2H3;7H,3-5H2,1-2H3;3-4H,1-2H3;4-5H,3H2,1-2H3. The first-order valence-electron chi connectivity index (χ1n) is 34.7. The molecule has 0 bridgehead atoms. The third kappa shape index (κ3) is 56.3. The number of hydrogen-bond acceptors (Lipinski definition) is 24. The van der Waals surface area contributed by atoms with Gasteiger partial charge in [-0.15, -0.1) is 0 Å². The molecule has 0 radical (unpaired) electrons. The molecule has 14 unspecified atom stereocenters. The molecule has 5 heterocycles. The molecule has 0 aromatic heterocycles. The van der Waals surface area contributed by atoms with Crippen LogP contribution in [0.5, 0.6) is 0 Å². The van der Waals surface area contributed by atoms with Crippen molar-refractivity contribution in [3.05, 3.63) is 0 Å². The third-order valence-electron chi connectivity index (χ3n) is 15.5. The Morgan fingerprint density at radius 1 is 0.527 bits per heavy atom. The molecule has 6 aliphatic rings. The molecule has 14 atom stereocenters. The van der Waals surface area contributed by atoms with Crippen LogP contribution in [0, 0.1) is 23.2 Å². The van der Waals surface area contributed by atoms with Crippen LogP contribution in [-0.2, 0) is 95.0 Å². The fourth-order valence-electron chi connectivity index (χ4n) is 7.38. The van der Waals surface area contributed by atoms with E-state index in [-0.39, 0.29) is 48.3 Å². The van der Waals surface area contributed by atoms with Crippen LogP contribution in [0.15, 0.2) is 9.98 Å². The second-order valence-electron chi connectivity index (χ2n) is 24.5. The highest BCUT2D eigenvalue weighted by Crippen LogP contribution is 2.39. The number of ether oxygens (including phenoxy) is 16. The first-order chi connectivity index (χ1) is 44.5. The number of epoxide rings is 2. The Hall–Kier alpha value is -3.39. The van der Waals surface area contributed by atoms with Crippen molar-refractivity contribution in [1.29, 1.82) is 0 Å². The van der Waals surface area contributed by atoms with E-state index < -0.39 is 18.1 Å². The Morgan fingerprint density at radius 2 is 0.946 bits per heavy atom. The van der Waals surface area contributed by atoms with Crippen molar-refractivity contribution in [3.8, 4) is 0 Å². The minimum Gasteiger partial charge on any atom is -0.430 e. The number of cyclic esters (lactones) is 4. The fourth-order valence-corrected chi connectivity index (χ4v) is 7.38. The van der Waals surface area contributed by atoms with E-state index in [4.69, 9.17) is 71.4 Å². The van der Waals surface area contributed by atoms with Crippen molar-refractivity contribution in [2.75, 3.05) is 132 Å². The maximum atomic E-state index is 10.6. The topological polar surface area (TPSA) is 285 Å². The highest BCUT2D eigenvalue weighted by molar-refractivity contribution is 5.95. The van der Waals surface area contributed by atoms with Crippen LogP contribution in [0.4, 0.5) is 4.79 Å². The number of fused-ring (bicyclic) bond motifs is 1. The van der Waals surface area contributed by atoms with E-state index in [1.165, 1.54) is 31.4 Å². The van der Waals surface area contributed by atoms with Crippen molar-refractivity contribution < 1.29 is 105 Å². The summed E-state index contributed by atoms with van der Waals surface area (Å²) in [5.41, 5.74) is 0.260. The second-order valence-corrected chi connectivity index (χ2v) is 24.5. The van der Waals surface area contributed by atoms with Crippen molar-refractivity contribution in [2.24, 2.45) is 33.2 Å². The average Bonchev–Trinajstić information content (AvgIpc) is 1.71. The highest BCUT2D eigenvalue weighted by Gasteiger charge is 2.44. The number of unbranched alkanes of at least 4 members (excludes halogenated alkanes) is 1. The molecule has 93 heavy (non-hydrogen) atoms.